The number of hydrogen-bond donors (Lipinski definition) is 0. The van der Waals surface area contributed by atoms with Crippen LogP contribution in [-0.2, 0) is 20.8 Å². The van der Waals surface area contributed by atoms with Gasteiger partial charge in [-0.15, -0.1) is 0 Å². The van der Waals surface area contributed by atoms with E-state index in [1.807, 2.05) is 0 Å². The van der Waals surface area contributed by atoms with Crippen molar-refractivity contribution in [1.29, 1.82) is 0 Å². The quantitative estimate of drug-likeness (QED) is 0.627. The van der Waals surface area contributed by atoms with Gasteiger partial charge in [0.05, 0.1) is 12.1 Å². The van der Waals surface area contributed by atoms with Gasteiger partial charge in [0, 0.05) is 36.4 Å². The molecule has 0 spiro atoms. The minimum absolute atomic E-state index is 0.0869. The summed E-state index contributed by atoms with van der Waals surface area (Å²) < 4.78 is 35.2. The van der Waals surface area contributed by atoms with Crippen molar-refractivity contribution in [2.24, 2.45) is 7.05 Å². The Labute approximate surface area is 116 Å². The smallest absolute Gasteiger partial charge is 0.263 e. The summed E-state index contributed by atoms with van der Waals surface area (Å²) in [5.74, 6) is 0.601. The number of nitrogens with zero attached hydrogens (tertiary/aromatic N) is 1. The summed E-state index contributed by atoms with van der Waals surface area (Å²) in [4.78, 5) is 0.0869. The van der Waals surface area contributed by atoms with Crippen molar-refractivity contribution in [3.8, 4) is 5.75 Å². The molecule has 2 aromatic rings. The SMILES string of the molecule is COCCOc1cccc2c(S(=O)(=O)Cl)cn(C)c12. The molecule has 1 aromatic heterocycles. The van der Waals surface area contributed by atoms with E-state index < -0.39 is 9.05 Å². The van der Waals surface area contributed by atoms with Crippen LogP contribution in [0.25, 0.3) is 10.9 Å². The van der Waals surface area contributed by atoms with E-state index in [0.717, 1.165) is 0 Å². The van der Waals surface area contributed by atoms with Gasteiger partial charge in [0.2, 0.25) is 0 Å². The molecule has 0 aliphatic heterocycles. The maximum absolute atomic E-state index is 11.5. The summed E-state index contributed by atoms with van der Waals surface area (Å²) in [7, 11) is 4.98. The van der Waals surface area contributed by atoms with Gasteiger partial charge in [-0.2, -0.15) is 0 Å². The molecule has 1 aromatic carbocycles. The van der Waals surface area contributed by atoms with Gasteiger partial charge in [-0.3, -0.25) is 0 Å². The largest absolute Gasteiger partial charge is 0.489 e. The van der Waals surface area contributed by atoms with Gasteiger partial charge in [-0.1, -0.05) is 12.1 Å². The molecule has 0 fully saturated rings. The van der Waals surface area contributed by atoms with Crippen molar-refractivity contribution in [3.63, 3.8) is 0 Å². The van der Waals surface area contributed by atoms with Crippen molar-refractivity contribution in [1.82, 2.24) is 4.57 Å². The molecule has 0 radical (unpaired) electrons. The molecular formula is C12H14ClNO4S. The molecule has 0 N–H and O–H groups in total. The summed E-state index contributed by atoms with van der Waals surface area (Å²) in [6.45, 7) is 0.852. The first-order valence-corrected chi connectivity index (χ1v) is 7.90. The second-order valence-electron chi connectivity index (χ2n) is 4.04. The van der Waals surface area contributed by atoms with Crippen LogP contribution in [0.1, 0.15) is 0 Å². The zero-order valence-electron chi connectivity index (χ0n) is 10.6. The number of methoxy groups -OCH3 is 1. The number of halogens is 1. The summed E-state index contributed by atoms with van der Waals surface area (Å²) in [5.41, 5.74) is 0.692. The highest BCUT2D eigenvalue weighted by Gasteiger charge is 2.19. The number of para-hydroxylation sites is 1. The Morgan fingerprint density at radius 1 is 1.32 bits per heavy atom. The van der Waals surface area contributed by atoms with Gasteiger partial charge in [0.15, 0.2) is 0 Å². The maximum Gasteiger partial charge on any atom is 0.263 e. The Balaban J connectivity index is 2.54. The topological polar surface area (TPSA) is 57.5 Å². The molecule has 2 rings (SSSR count). The minimum Gasteiger partial charge on any atom is -0.489 e. The molecule has 0 aliphatic rings. The van der Waals surface area contributed by atoms with Crippen LogP contribution in [0, 0.1) is 0 Å². The number of aromatic nitrogens is 1. The maximum atomic E-state index is 11.5. The third-order valence-corrected chi connectivity index (χ3v) is 4.09. The zero-order valence-corrected chi connectivity index (χ0v) is 12.2. The lowest BCUT2D eigenvalue weighted by atomic mass is 10.2. The molecule has 0 aliphatic carbocycles. The standard InChI is InChI=1S/C12H14ClNO4S/c1-14-8-11(19(13,15)16)9-4-3-5-10(12(9)14)18-7-6-17-2/h3-5,8H,6-7H2,1-2H3. The molecule has 0 atom stereocenters. The number of ether oxygens (including phenoxy) is 2. The van der Waals surface area contributed by atoms with Crippen molar-refractivity contribution in [3.05, 3.63) is 24.4 Å². The minimum atomic E-state index is -3.78. The third-order valence-electron chi connectivity index (χ3n) is 2.74. The Hall–Kier alpha value is -1.24. The van der Waals surface area contributed by atoms with Crippen molar-refractivity contribution in [2.45, 2.75) is 4.90 Å². The van der Waals surface area contributed by atoms with Crippen LogP contribution in [0.2, 0.25) is 0 Å². The fraction of sp³-hybridized carbons (Fsp3) is 0.333. The first kappa shape index (κ1) is 14.2. The molecule has 7 heteroatoms. The number of aryl methyl sites for hydroxylation is 1. The normalized spacial score (nSPS) is 11.9. The highest BCUT2D eigenvalue weighted by atomic mass is 35.7. The van der Waals surface area contributed by atoms with E-state index in [1.165, 1.54) is 6.20 Å². The average Bonchev–Trinajstić information content (AvgIpc) is 2.68. The molecule has 1 heterocycles. The van der Waals surface area contributed by atoms with Gasteiger partial charge in [-0.05, 0) is 6.07 Å². The fourth-order valence-electron chi connectivity index (χ4n) is 1.94. The van der Waals surface area contributed by atoms with E-state index in [0.29, 0.717) is 29.9 Å². The monoisotopic (exact) mass is 303 g/mol. The molecule has 0 unspecified atom stereocenters. The highest BCUT2D eigenvalue weighted by Crippen LogP contribution is 2.33. The van der Waals surface area contributed by atoms with Crippen LogP contribution in [0.4, 0.5) is 0 Å². The van der Waals surface area contributed by atoms with Gasteiger partial charge >= 0.3 is 0 Å². The van der Waals surface area contributed by atoms with Crippen LogP contribution in [0.15, 0.2) is 29.3 Å². The second kappa shape index (κ2) is 5.40. The van der Waals surface area contributed by atoms with Crippen molar-refractivity contribution in [2.75, 3.05) is 20.3 Å². The van der Waals surface area contributed by atoms with Crippen LogP contribution < -0.4 is 4.74 Å². The average molecular weight is 304 g/mol. The molecule has 104 valence electrons. The van der Waals surface area contributed by atoms with E-state index in [1.54, 1.807) is 36.9 Å². The molecule has 5 nitrogen and oxygen atoms in total. The molecular weight excluding hydrogens is 290 g/mol. The summed E-state index contributed by atoms with van der Waals surface area (Å²) in [6, 6.07) is 5.21. The van der Waals surface area contributed by atoms with Crippen molar-refractivity contribution < 1.29 is 17.9 Å². The second-order valence-corrected chi connectivity index (χ2v) is 6.57. The lowest BCUT2D eigenvalue weighted by molar-refractivity contribution is 0.147. The lowest BCUT2D eigenvalue weighted by Crippen LogP contribution is -2.05. The van der Waals surface area contributed by atoms with Crippen LogP contribution >= 0.6 is 10.7 Å². The van der Waals surface area contributed by atoms with E-state index in [-0.39, 0.29) is 4.90 Å². The molecule has 0 bridgehead atoms. The van der Waals surface area contributed by atoms with Gasteiger partial charge < -0.3 is 14.0 Å². The van der Waals surface area contributed by atoms with Crippen LogP contribution in [0.3, 0.4) is 0 Å². The number of hydrogen-bond acceptors (Lipinski definition) is 4. The molecule has 0 saturated carbocycles. The number of fused-ring (bicyclic) bond motifs is 1. The van der Waals surface area contributed by atoms with E-state index >= 15 is 0 Å². The first-order valence-electron chi connectivity index (χ1n) is 5.59. The fourth-order valence-corrected chi connectivity index (χ4v) is 3.02. The van der Waals surface area contributed by atoms with Crippen LogP contribution in [-0.4, -0.2) is 33.3 Å². The summed E-state index contributed by atoms with van der Waals surface area (Å²) in [6.07, 6.45) is 1.48. The lowest BCUT2D eigenvalue weighted by Gasteiger charge is -2.08. The number of benzene rings is 1. The van der Waals surface area contributed by atoms with Gasteiger partial charge in [-0.25, -0.2) is 8.42 Å². The van der Waals surface area contributed by atoms with Gasteiger partial charge in [0.25, 0.3) is 9.05 Å². The molecule has 19 heavy (non-hydrogen) atoms. The summed E-state index contributed by atoms with van der Waals surface area (Å²) in [5, 5.41) is 0.549. The first-order chi connectivity index (χ1) is 8.95. The third kappa shape index (κ3) is 2.86. The summed E-state index contributed by atoms with van der Waals surface area (Å²) >= 11 is 0. The van der Waals surface area contributed by atoms with Gasteiger partial charge in [0.1, 0.15) is 17.3 Å². The Bertz CT molecular complexity index is 693. The zero-order chi connectivity index (χ0) is 14.0. The van der Waals surface area contributed by atoms with Crippen molar-refractivity contribution >= 4 is 30.6 Å². The van der Waals surface area contributed by atoms with E-state index in [4.69, 9.17) is 20.2 Å². The highest BCUT2D eigenvalue weighted by molar-refractivity contribution is 8.14. The Kier molecular flexibility index (Phi) is 4.03. The number of rotatable bonds is 5. The van der Waals surface area contributed by atoms with E-state index in [2.05, 4.69) is 0 Å². The molecule has 0 amide bonds. The Morgan fingerprint density at radius 2 is 2.05 bits per heavy atom. The van der Waals surface area contributed by atoms with Crippen LogP contribution in [0.5, 0.6) is 5.75 Å². The predicted octanol–water partition coefficient (Wildman–Crippen LogP) is 2.13. The molecule has 0 saturated heterocycles. The predicted molar refractivity (Wildman–Crippen MR) is 73.3 cm³/mol. The van der Waals surface area contributed by atoms with E-state index in [9.17, 15) is 8.42 Å². The Morgan fingerprint density at radius 3 is 2.68 bits per heavy atom.